The van der Waals surface area contributed by atoms with Crippen LogP contribution in [0.3, 0.4) is 0 Å². The Labute approximate surface area is 125 Å². The summed E-state index contributed by atoms with van der Waals surface area (Å²) in [5, 5.41) is 6.65. The van der Waals surface area contributed by atoms with E-state index in [0.29, 0.717) is 0 Å². The highest BCUT2D eigenvalue weighted by atomic mass is 79.9. The number of hydrogen-bond donors (Lipinski definition) is 2. The molecule has 2 aromatic carbocycles. The van der Waals surface area contributed by atoms with Crippen molar-refractivity contribution < 1.29 is 0 Å². The van der Waals surface area contributed by atoms with Gasteiger partial charge in [0.1, 0.15) is 0 Å². The van der Waals surface area contributed by atoms with Crippen molar-refractivity contribution in [2.75, 3.05) is 0 Å². The van der Waals surface area contributed by atoms with Gasteiger partial charge in [0, 0.05) is 7.05 Å². The van der Waals surface area contributed by atoms with E-state index >= 15 is 0 Å². The summed E-state index contributed by atoms with van der Waals surface area (Å²) in [6, 6.07) is 14.4. The van der Waals surface area contributed by atoms with Crippen LogP contribution in [0.5, 0.6) is 0 Å². The van der Waals surface area contributed by atoms with E-state index in [1.165, 1.54) is 10.8 Å². The van der Waals surface area contributed by atoms with Gasteiger partial charge in [-0.15, -0.1) is 0 Å². The monoisotopic (exact) mass is 330 g/mol. The smallest absolute Gasteiger partial charge is 0.0895 e. The number of halogens is 1. The lowest BCUT2D eigenvalue weighted by atomic mass is 9.97. The van der Waals surface area contributed by atoms with Gasteiger partial charge in [0.05, 0.1) is 22.4 Å². The summed E-state index contributed by atoms with van der Waals surface area (Å²) in [5.41, 5.74) is 5.04. The van der Waals surface area contributed by atoms with Crippen LogP contribution >= 0.6 is 15.9 Å². The summed E-state index contributed by atoms with van der Waals surface area (Å²) in [5.74, 6) is 5.81. The van der Waals surface area contributed by atoms with Crippen LogP contribution in [-0.2, 0) is 7.05 Å². The molecule has 1 unspecified atom stereocenters. The molecule has 0 amide bonds. The Morgan fingerprint density at radius 1 is 1.20 bits per heavy atom. The quantitative estimate of drug-likeness (QED) is 0.573. The number of nitrogens with two attached hydrogens (primary N) is 1. The van der Waals surface area contributed by atoms with Crippen LogP contribution in [-0.4, -0.2) is 9.78 Å². The van der Waals surface area contributed by atoms with E-state index in [0.717, 1.165) is 15.7 Å². The Morgan fingerprint density at radius 2 is 1.95 bits per heavy atom. The van der Waals surface area contributed by atoms with Crippen LogP contribution in [0.1, 0.15) is 17.3 Å². The molecule has 0 aliphatic heterocycles. The third kappa shape index (κ3) is 2.14. The van der Waals surface area contributed by atoms with Crippen molar-refractivity contribution in [2.24, 2.45) is 12.9 Å². The van der Waals surface area contributed by atoms with E-state index in [1.807, 2.05) is 29.9 Å². The molecule has 0 saturated carbocycles. The fraction of sp³-hybridized carbons (Fsp3) is 0.133. The standard InChI is InChI=1S/C15H15BrN4/c1-20-15(13(16)9-18-20)14(19-17)12-8-4-6-10-5-2-3-7-11(10)12/h2-9,14,19H,17H2,1H3. The second-order valence-corrected chi connectivity index (χ2v) is 5.52. The van der Waals surface area contributed by atoms with Crippen LogP contribution < -0.4 is 11.3 Å². The van der Waals surface area contributed by atoms with E-state index in [2.05, 4.69) is 50.7 Å². The first kappa shape index (κ1) is 13.3. The maximum absolute atomic E-state index is 5.81. The second kappa shape index (κ2) is 5.36. The molecule has 1 atom stereocenters. The maximum Gasteiger partial charge on any atom is 0.0895 e. The molecule has 1 heterocycles. The zero-order valence-electron chi connectivity index (χ0n) is 11.0. The van der Waals surface area contributed by atoms with Gasteiger partial charge in [-0.25, -0.2) is 5.43 Å². The van der Waals surface area contributed by atoms with Crippen molar-refractivity contribution in [2.45, 2.75) is 6.04 Å². The highest BCUT2D eigenvalue weighted by Gasteiger charge is 2.21. The Kier molecular flexibility index (Phi) is 3.56. The predicted molar refractivity (Wildman–Crippen MR) is 84.0 cm³/mol. The molecule has 4 nitrogen and oxygen atoms in total. The molecule has 0 spiro atoms. The molecule has 0 aliphatic carbocycles. The average molecular weight is 331 g/mol. The van der Waals surface area contributed by atoms with Gasteiger partial charge in [0.15, 0.2) is 0 Å². The molecular formula is C15H15BrN4. The molecular weight excluding hydrogens is 316 g/mol. The van der Waals surface area contributed by atoms with Gasteiger partial charge in [0.25, 0.3) is 0 Å². The molecule has 0 bridgehead atoms. The normalized spacial score (nSPS) is 12.8. The Hall–Kier alpha value is -1.69. The van der Waals surface area contributed by atoms with E-state index in [1.54, 1.807) is 6.20 Å². The molecule has 5 heteroatoms. The molecule has 0 aliphatic rings. The number of aryl methyl sites for hydroxylation is 1. The molecule has 0 radical (unpaired) electrons. The van der Waals surface area contributed by atoms with Gasteiger partial charge < -0.3 is 0 Å². The minimum absolute atomic E-state index is 0.122. The number of aromatic nitrogens is 2. The third-order valence-electron chi connectivity index (χ3n) is 3.51. The number of nitrogens with zero attached hydrogens (tertiary/aromatic N) is 2. The Bertz CT molecular complexity index is 726. The molecule has 0 fully saturated rings. The van der Waals surface area contributed by atoms with E-state index < -0.39 is 0 Å². The number of hydrogen-bond acceptors (Lipinski definition) is 3. The van der Waals surface area contributed by atoms with Gasteiger partial charge in [-0.2, -0.15) is 5.10 Å². The topological polar surface area (TPSA) is 55.9 Å². The molecule has 1 aromatic heterocycles. The van der Waals surface area contributed by atoms with Crippen molar-refractivity contribution in [1.29, 1.82) is 0 Å². The van der Waals surface area contributed by atoms with Crippen LogP contribution in [0, 0.1) is 0 Å². The lowest BCUT2D eigenvalue weighted by Gasteiger charge is -2.19. The van der Waals surface area contributed by atoms with Crippen molar-refractivity contribution in [1.82, 2.24) is 15.2 Å². The van der Waals surface area contributed by atoms with E-state index in [-0.39, 0.29) is 6.04 Å². The van der Waals surface area contributed by atoms with Crippen LogP contribution in [0.25, 0.3) is 10.8 Å². The first-order valence-electron chi connectivity index (χ1n) is 6.33. The summed E-state index contributed by atoms with van der Waals surface area (Å²) in [6.07, 6.45) is 1.78. The SMILES string of the molecule is Cn1ncc(Br)c1C(NN)c1cccc2ccccc12. The van der Waals surface area contributed by atoms with Crippen molar-refractivity contribution >= 4 is 26.7 Å². The zero-order valence-corrected chi connectivity index (χ0v) is 12.6. The highest BCUT2D eigenvalue weighted by Crippen LogP contribution is 2.31. The summed E-state index contributed by atoms with van der Waals surface area (Å²) < 4.78 is 2.77. The van der Waals surface area contributed by atoms with Crippen LogP contribution in [0.15, 0.2) is 53.1 Å². The molecule has 3 rings (SSSR count). The van der Waals surface area contributed by atoms with Crippen LogP contribution in [0.4, 0.5) is 0 Å². The van der Waals surface area contributed by atoms with Gasteiger partial charge in [-0.05, 0) is 32.3 Å². The van der Waals surface area contributed by atoms with Crippen molar-refractivity contribution in [3.63, 3.8) is 0 Å². The molecule has 3 N–H and O–H groups in total. The maximum atomic E-state index is 5.81. The number of hydrazine groups is 1. The molecule has 0 saturated heterocycles. The van der Waals surface area contributed by atoms with E-state index in [4.69, 9.17) is 5.84 Å². The fourth-order valence-corrected chi connectivity index (χ4v) is 3.14. The predicted octanol–water partition coefficient (Wildman–Crippen LogP) is 2.89. The lowest BCUT2D eigenvalue weighted by molar-refractivity contribution is 0.576. The minimum atomic E-state index is -0.122. The number of fused-ring (bicyclic) bond motifs is 1. The summed E-state index contributed by atoms with van der Waals surface area (Å²) in [4.78, 5) is 0. The fourth-order valence-electron chi connectivity index (χ4n) is 2.56. The summed E-state index contributed by atoms with van der Waals surface area (Å²) >= 11 is 3.54. The van der Waals surface area contributed by atoms with Crippen molar-refractivity contribution in [3.8, 4) is 0 Å². The van der Waals surface area contributed by atoms with Crippen molar-refractivity contribution in [3.05, 3.63) is 64.4 Å². The number of benzene rings is 2. The summed E-state index contributed by atoms with van der Waals surface area (Å²) in [7, 11) is 1.91. The number of nitrogens with one attached hydrogen (secondary N) is 1. The Balaban J connectivity index is 2.22. The van der Waals surface area contributed by atoms with Gasteiger partial charge >= 0.3 is 0 Å². The third-order valence-corrected chi connectivity index (χ3v) is 4.12. The average Bonchev–Trinajstić information content (AvgIpc) is 2.81. The van der Waals surface area contributed by atoms with Gasteiger partial charge in [0.2, 0.25) is 0 Å². The number of rotatable bonds is 3. The Morgan fingerprint density at radius 3 is 2.65 bits per heavy atom. The largest absolute Gasteiger partial charge is 0.271 e. The second-order valence-electron chi connectivity index (χ2n) is 4.67. The molecule has 20 heavy (non-hydrogen) atoms. The van der Waals surface area contributed by atoms with Crippen LogP contribution in [0.2, 0.25) is 0 Å². The minimum Gasteiger partial charge on any atom is -0.271 e. The first-order chi connectivity index (χ1) is 9.72. The molecule has 102 valence electrons. The lowest BCUT2D eigenvalue weighted by Crippen LogP contribution is -2.30. The van der Waals surface area contributed by atoms with Gasteiger partial charge in [-0.3, -0.25) is 10.5 Å². The first-order valence-corrected chi connectivity index (χ1v) is 7.13. The van der Waals surface area contributed by atoms with E-state index in [9.17, 15) is 0 Å². The van der Waals surface area contributed by atoms with Gasteiger partial charge in [-0.1, -0.05) is 42.5 Å². The molecule has 3 aromatic rings. The highest BCUT2D eigenvalue weighted by molar-refractivity contribution is 9.10. The summed E-state index contributed by atoms with van der Waals surface area (Å²) in [6.45, 7) is 0. The zero-order chi connectivity index (χ0) is 14.1.